The summed E-state index contributed by atoms with van der Waals surface area (Å²) in [6.45, 7) is 3.86. The van der Waals surface area contributed by atoms with E-state index >= 15 is 0 Å². The molecule has 2 atom stereocenters. The van der Waals surface area contributed by atoms with Crippen molar-refractivity contribution in [1.29, 1.82) is 0 Å². The van der Waals surface area contributed by atoms with Gasteiger partial charge in [0.1, 0.15) is 5.75 Å². The number of hydrogen-bond donors (Lipinski definition) is 1. The van der Waals surface area contributed by atoms with E-state index < -0.39 is 0 Å². The summed E-state index contributed by atoms with van der Waals surface area (Å²) in [7, 11) is 1.67. The van der Waals surface area contributed by atoms with Crippen LogP contribution in [0.1, 0.15) is 19.4 Å². The van der Waals surface area contributed by atoms with Crippen molar-refractivity contribution in [1.82, 2.24) is 0 Å². The van der Waals surface area contributed by atoms with Gasteiger partial charge in [0.05, 0.1) is 13.2 Å². The van der Waals surface area contributed by atoms with Crippen molar-refractivity contribution in [2.24, 2.45) is 0 Å². The molecule has 0 saturated carbocycles. The normalized spacial score (nSPS) is 14.7. The van der Waals surface area contributed by atoms with E-state index in [2.05, 4.69) is 6.07 Å². The maximum atomic E-state index is 9.35. The SMILES string of the molecule is COc1cccc(CS[C@@H](C)[C@H](C)O)c1. The molecule has 0 amide bonds. The fourth-order valence-electron chi connectivity index (χ4n) is 1.13. The zero-order valence-corrected chi connectivity index (χ0v) is 10.3. The molecular weight excluding hydrogens is 208 g/mol. The van der Waals surface area contributed by atoms with Crippen LogP contribution in [0.5, 0.6) is 5.75 Å². The molecule has 84 valence electrons. The smallest absolute Gasteiger partial charge is 0.119 e. The van der Waals surface area contributed by atoms with Gasteiger partial charge in [0.25, 0.3) is 0 Å². The number of aliphatic hydroxyl groups excluding tert-OH is 1. The summed E-state index contributed by atoms with van der Waals surface area (Å²) in [5.74, 6) is 1.79. The number of aliphatic hydroxyl groups is 1. The third-order valence-electron chi connectivity index (χ3n) is 2.33. The molecule has 1 rings (SSSR count). The minimum Gasteiger partial charge on any atom is -0.497 e. The first-order valence-electron chi connectivity index (χ1n) is 5.06. The van der Waals surface area contributed by atoms with Crippen LogP contribution in [-0.2, 0) is 5.75 Å². The third-order valence-corrected chi connectivity index (χ3v) is 3.75. The highest BCUT2D eigenvalue weighted by Gasteiger charge is 2.09. The Balaban J connectivity index is 2.50. The first kappa shape index (κ1) is 12.4. The number of methoxy groups -OCH3 is 1. The molecule has 0 aromatic heterocycles. The van der Waals surface area contributed by atoms with E-state index in [4.69, 9.17) is 4.74 Å². The van der Waals surface area contributed by atoms with Crippen molar-refractivity contribution in [3.05, 3.63) is 29.8 Å². The lowest BCUT2D eigenvalue weighted by molar-refractivity contribution is 0.196. The average molecular weight is 226 g/mol. The number of ether oxygens (including phenoxy) is 1. The van der Waals surface area contributed by atoms with E-state index in [0.29, 0.717) is 0 Å². The molecule has 15 heavy (non-hydrogen) atoms. The molecule has 0 spiro atoms. The van der Waals surface area contributed by atoms with Crippen LogP contribution in [0.4, 0.5) is 0 Å². The molecule has 3 heteroatoms. The highest BCUT2D eigenvalue weighted by atomic mass is 32.2. The lowest BCUT2D eigenvalue weighted by Crippen LogP contribution is -2.15. The monoisotopic (exact) mass is 226 g/mol. The second-order valence-electron chi connectivity index (χ2n) is 3.61. The van der Waals surface area contributed by atoms with Gasteiger partial charge >= 0.3 is 0 Å². The summed E-state index contributed by atoms with van der Waals surface area (Å²) < 4.78 is 5.15. The van der Waals surface area contributed by atoms with E-state index in [0.717, 1.165) is 11.5 Å². The highest BCUT2D eigenvalue weighted by Crippen LogP contribution is 2.22. The molecule has 0 aliphatic carbocycles. The molecule has 0 radical (unpaired) electrons. The fraction of sp³-hybridized carbons (Fsp3) is 0.500. The van der Waals surface area contributed by atoms with E-state index in [9.17, 15) is 5.11 Å². The standard InChI is InChI=1S/C12H18O2S/c1-9(13)10(2)15-8-11-5-4-6-12(7-11)14-3/h4-7,9-10,13H,8H2,1-3H3/t9-,10-/m0/s1. The third kappa shape index (κ3) is 4.14. The average Bonchev–Trinajstić information content (AvgIpc) is 2.26. The van der Waals surface area contributed by atoms with Gasteiger partial charge in [-0.05, 0) is 24.6 Å². The molecule has 0 aliphatic heterocycles. The Morgan fingerprint density at radius 3 is 2.73 bits per heavy atom. The quantitative estimate of drug-likeness (QED) is 0.837. The lowest BCUT2D eigenvalue weighted by atomic mass is 10.2. The van der Waals surface area contributed by atoms with Crippen LogP contribution < -0.4 is 4.74 Å². The van der Waals surface area contributed by atoms with Gasteiger partial charge in [-0.25, -0.2) is 0 Å². The van der Waals surface area contributed by atoms with Crippen LogP contribution in [0.2, 0.25) is 0 Å². The predicted molar refractivity (Wildman–Crippen MR) is 65.4 cm³/mol. The molecule has 0 saturated heterocycles. The second kappa shape index (κ2) is 6.03. The van der Waals surface area contributed by atoms with Gasteiger partial charge in [0.15, 0.2) is 0 Å². The summed E-state index contributed by atoms with van der Waals surface area (Å²) >= 11 is 1.75. The molecule has 0 unspecified atom stereocenters. The van der Waals surface area contributed by atoms with Crippen molar-refractivity contribution in [3.63, 3.8) is 0 Å². The van der Waals surface area contributed by atoms with Gasteiger partial charge in [-0.2, -0.15) is 11.8 Å². The van der Waals surface area contributed by atoms with Crippen molar-refractivity contribution in [2.45, 2.75) is 31.0 Å². The van der Waals surface area contributed by atoms with Crippen LogP contribution in [-0.4, -0.2) is 23.6 Å². The summed E-state index contributed by atoms with van der Waals surface area (Å²) in [4.78, 5) is 0. The van der Waals surface area contributed by atoms with Crippen LogP contribution >= 0.6 is 11.8 Å². The molecule has 1 aromatic carbocycles. The van der Waals surface area contributed by atoms with E-state index in [1.807, 2.05) is 32.0 Å². The van der Waals surface area contributed by atoms with Gasteiger partial charge in [-0.15, -0.1) is 0 Å². The Hall–Kier alpha value is -0.670. The van der Waals surface area contributed by atoms with Crippen molar-refractivity contribution in [2.75, 3.05) is 7.11 Å². The van der Waals surface area contributed by atoms with Crippen molar-refractivity contribution < 1.29 is 9.84 Å². The van der Waals surface area contributed by atoms with Gasteiger partial charge < -0.3 is 9.84 Å². The minimum atomic E-state index is -0.263. The van der Waals surface area contributed by atoms with Crippen LogP contribution in [0.15, 0.2) is 24.3 Å². The predicted octanol–water partition coefficient (Wildman–Crippen LogP) is 2.70. The van der Waals surface area contributed by atoms with Gasteiger partial charge in [-0.1, -0.05) is 19.1 Å². The molecular formula is C12H18O2S. The van der Waals surface area contributed by atoms with Gasteiger partial charge in [-0.3, -0.25) is 0 Å². The molecule has 1 aromatic rings. The maximum absolute atomic E-state index is 9.35. The van der Waals surface area contributed by atoms with Crippen LogP contribution in [0, 0.1) is 0 Å². The van der Waals surface area contributed by atoms with E-state index in [1.165, 1.54) is 5.56 Å². The summed E-state index contributed by atoms with van der Waals surface area (Å²) in [5.41, 5.74) is 1.23. The number of benzene rings is 1. The Kier molecular flexibility index (Phi) is 4.99. The molecule has 0 fully saturated rings. The first-order chi connectivity index (χ1) is 7.13. The van der Waals surface area contributed by atoms with Gasteiger partial charge in [0.2, 0.25) is 0 Å². The highest BCUT2D eigenvalue weighted by molar-refractivity contribution is 7.99. The van der Waals surface area contributed by atoms with E-state index in [-0.39, 0.29) is 11.4 Å². The first-order valence-corrected chi connectivity index (χ1v) is 6.11. The molecule has 2 nitrogen and oxygen atoms in total. The fourth-order valence-corrected chi connectivity index (χ4v) is 2.04. The largest absolute Gasteiger partial charge is 0.497 e. The Bertz CT molecular complexity index is 299. The summed E-state index contributed by atoms with van der Waals surface area (Å²) in [6.07, 6.45) is -0.263. The molecule has 0 heterocycles. The second-order valence-corrected chi connectivity index (χ2v) is 4.97. The van der Waals surface area contributed by atoms with Crippen molar-refractivity contribution in [3.8, 4) is 5.75 Å². The lowest BCUT2D eigenvalue weighted by Gasteiger charge is -2.14. The minimum absolute atomic E-state index is 0.260. The van der Waals surface area contributed by atoms with Crippen LogP contribution in [0.3, 0.4) is 0 Å². The topological polar surface area (TPSA) is 29.5 Å². The van der Waals surface area contributed by atoms with Crippen LogP contribution in [0.25, 0.3) is 0 Å². The van der Waals surface area contributed by atoms with Crippen molar-refractivity contribution >= 4 is 11.8 Å². The zero-order valence-electron chi connectivity index (χ0n) is 9.43. The Morgan fingerprint density at radius 2 is 2.13 bits per heavy atom. The Labute approximate surface area is 95.7 Å². The number of rotatable bonds is 5. The molecule has 0 aliphatic rings. The molecule has 0 bridgehead atoms. The zero-order chi connectivity index (χ0) is 11.3. The van der Waals surface area contributed by atoms with E-state index in [1.54, 1.807) is 18.9 Å². The number of hydrogen-bond acceptors (Lipinski definition) is 3. The molecule has 1 N–H and O–H groups in total. The maximum Gasteiger partial charge on any atom is 0.119 e. The van der Waals surface area contributed by atoms with Gasteiger partial charge in [0, 0.05) is 11.0 Å². The Morgan fingerprint density at radius 1 is 1.40 bits per heavy atom. The summed E-state index contributed by atoms with van der Waals surface area (Å²) in [6, 6.07) is 8.03. The number of thioether (sulfide) groups is 1. The summed E-state index contributed by atoms with van der Waals surface area (Å²) in [5, 5.41) is 9.61.